The van der Waals surface area contributed by atoms with Crippen LogP contribution in [0.3, 0.4) is 0 Å². The number of carboxylic acids is 1. The van der Waals surface area contributed by atoms with Crippen molar-refractivity contribution in [1.82, 2.24) is 14.5 Å². The number of aliphatic carboxylic acids is 1. The van der Waals surface area contributed by atoms with Gasteiger partial charge in [0.2, 0.25) is 0 Å². The average Bonchev–Trinajstić information content (AvgIpc) is 2.83. The number of aryl methyl sites for hydroxylation is 1. The van der Waals surface area contributed by atoms with Gasteiger partial charge in [-0.05, 0) is 31.4 Å². The number of fused-ring (bicyclic) bond motifs is 1. The van der Waals surface area contributed by atoms with Crippen molar-refractivity contribution in [3.8, 4) is 11.4 Å². The maximum Gasteiger partial charge on any atom is 0.326 e. The van der Waals surface area contributed by atoms with E-state index < -0.39 is 12.0 Å². The van der Waals surface area contributed by atoms with Gasteiger partial charge in [-0.2, -0.15) is 0 Å². The van der Waals surface area contributed by atoms with E-state index >= 15 is 0 Å². The molecule has 0 bridgehead atoms. The van der Waals surface area contributed by atoms with Gasteiger partial charge in [-0.15, -0.1) is 0 Å². The molecule has 0 aromatic carbocycles. The summed E-state index contributed by atoms with van der Waals surface area (Å²) in [6.07, 6.45) is 7.62. The van der Waals surface area contributed by atoms with Crippen molar-refractivity contribution in [3.63, 3.8) is 0 Å². The van der Waals surface area contributed by atoms with Crippen LogP contribution in [-0.4, -0.2) is 25.6 Å². The van der Waals surface area contributed by atoms with Crippen LogP contribution in [0.1, 0.15) is 24.6 Å². The van der Waals surface area contributed by atoms with Crippen molar-refractivity contribution in [2.24, 2.45) is 0 Å². The predicted molar refractivity (Wildman–Crippen MR) is 65.1 cm³/mol. The minimum atomic E-state index is -0.793. The molecule has 1 N–H and O–H groups in total. The van der Waals surface area contributed by atoms with Crippen LogP contribution >= 0.6 is 0 Å². The Morgan fingerprint density at radius 3 is 3.06 bits per heavy atom. The maximum atomic E-state index is 11.3. The molecule has 3 heterocycles. The maximum absolute atomic E-state index is 11.3. The Bertz CT molecular complexity index is 577. The van der Waals surface area contributed by atoms with Gasteiger partial charge in [0.15, 0.2) is 0 Å². The Hall–Kier alpha value is -2.17. The van der Waals surface area contributed by atoms with Gasteiger partial charge in [-0.25, -0.2) is 9.78 Å². The highest BCUT2D eigenvalue weighted by Crippen LogP contribution is 2.31. The lowest BCUT2D eigenvalue weighted by atomic mass is 10.0. The second-order valence-electron chi connectivity index (χ2n) is 4.43. The Kier molecular flexibility index (Phi) is 2.59. The number of hydrogen-bond acceptors (Lipinski definition) is 3. The number of imidazole rings is 1. The largest absolute Gasteiger partial charge is 0.480 e. The van der Waals surface area contributed by atoms with E-state index in [9.17, 15) is 9.90 Å². The molecule has 0 saturated heterocycles. The normalized spacial score (nSPS) is 18.3. The van der Waals surface area contributed by atoms with Crippen LogP contribution in [0.2, 0.25) is 0 Å². The van der Waals surface area contributed by atoms with E-state index in [1.807, 2.05) is 16.7 Å². The van der Waals surface area contributed by atoms with Gasteiger partial charge in [0.1, 0.15) is 11.9 Å². The molecule has 0 amide bonds. The standard InChI is InChI=1S/C13H13N3O2/c17-13(18)11-5-1-4-10-8-15-12(16(10)11)9-3-2-6-14-7-9/h2-3,6-8,11H,1,4-5H2,(H,17,18). The molecule has 5 nitrogen and oxygen atoms in total. The van der Waals surface area contributed by atoms with Crippen LogP contribution in [0.25, 0.3) is 11.4 Å². The molecule has 92 valence electrons. The van der Waals surface area contributed by atoms with E-state index in [-0.39, 0.29) is 0 Å². The molecule has 2 aromatic heterocycles. The van der Waals surface area contributed by atoms with E-state index in [2.05, 4.69) is 9.97 Å². The zero-order valence-corrected chi connectivity index (χ0v) is 9.78. The number of hydrogen-bond donors (Lipinski definition) is 1. The zero-order valence-electron chi connectivity index (χ0n) is 9.78. The van der Waals surface area contributed by atoms with Crippen molar-refractivity contribution < 1.29 is 9.90 Å². The van der Waals surface area contributed by atoms with E-state index in [4.69, 9.17) is 0 Å². The molecular weight excluding hydrogens is 230 g/mol. The fourth-order valence-electron chi connectivity index (χ4n) is 2.48. The third kappa shape index (κ3) is 1.68. The fourth-order valence-corrected chi connectivity index (χ4v) is 2.48. The number of carboxylic acid groups (broad SMARTS) is 1. The first-order valence-electron chi connectivity index (χ1n) is 5.96. The molecular formula is C13H13N3O2. The van der Waals surface area contributed by atoms with Gasteiger partial charge in [0.25, 0.3) is 0 Å². The number of pyridine rings is 1. The summed E-state index contributed by atoms with van der Waals surface area (Å²) in [5.74, 6) is -0.0932. The molecule has 0 saturated carbocycles. The third-order valence-electron chi connectivity index (χ3n) is 3.30. The summed E-state index contributed by atoms with van der Waals surface area (Å²) >= 11 is 0. The number of aromatic nitrogens is 3. The topological polar surface area (TPSA) is 68.0 Å². The Morgan fingerprint density at radius 2 is 2.33 bits per heavy atom. The van der Waals surface area contributed by atoms with Crippen LogP contribution in [-0.2, 0) is 11.2 Å². The first kappa shape index (κ1) is 11.0. The van der Waals surface area contributed by atoms with Gasteiger partial charge >= 0.3 is 5.97 Å². The molecule has 1 unspecified atom stereocenters. The average molecular weight is 243 g/mol. The van der Waals surface area contributed by atoms with E-state index in [1.165, 1.54) is 0 Å². The van der Waals surface area contributed by atoms with Crippen molar-refractivity contribution in [2.45, 2.75) is 25.3 Å². The second kappa shape index (κ2) is 4.25. The van der Waals surface area contributed by atoms with Crippen molar-refractivity contribution in [3.05, 3.63) is 36.4 Å². The van der Waals surface area contributed by atoms with Crippen molar-refractivity contribution in [2.75, 3.05) is 0 Å². The SMILES string of the molecule is O=C(O)C1CCCc2cnc(-c3cccnc3)n21. The molecule has 18 heavy (non-hydrogen) atoms. The third-order valence-corrected chi connectivity index (χ3v) is 3.30. The lowest BCUT2D eigenvalue weighted by Gasteiger charge is -2.23. The van der Waals surface area contributed by atoms with Crippen LogP contribution in [0, 0.1) is 0 Å². The smallest absolute Gasteiger partial charge is 0.326 e. The molecule has 1 atom stereocenters. The lowest BCUT2D eigenvalue weighted by molar-refractivity contribution is -0.141. The molecule has 0 aliphatic carbocycles. The summed E-state index contributed by atoms with van der Waals surface area (Å²) in [4.78, 5) is 19.8. The van der Waals surface area contributed by atoms with Gasteiger partial charge in [0.05, 0.1) is 0 Å². The van der Waals surface area contributed by atoms with E-state index in [0.717, 1.165) is 24.1 Å². The predicted octanol–water partition coefficient (Wildman–Crippen LogP) is 1.91. The van der Waals surface area contributed by atoms with Crippen LogP contribution < -0.4 is 0 Å². The summed E-state index contributed by atoms with van der Waals surface area (Å²) in [6.45, 7) is 0. The molecule has 1 aliphatic heterocycles. The van der Waals surface area contributed by atoms with E-state index in [1.54, 1.807) is 18.6 Å². The Morgan fingerprint density at radius 1 is 1.44 bits per heavy atom. The zero-order chi connectivity index (χ0) is 12.5. The van der Waals surface area contributed by atoms with Gasteiger partial charge in [0, 0.05) is 29.8 Å². The highest BCUT2D eigenvalue weighted by atomic mass is 16.4. The van der Waals surface area contributed by atoms with Gasteiger partial charge < -0.3 is 9.67 Å². The molecule has 3 rings (SSSR count). The van der Waals surface area contributed by atoms with Crippen LogP contribution in [0.5, 0.6) is 0 Å². The summed E-state index contributed by atoms with van der Waals surface area (Å²) in [5.41, 5.74) is 1.85. The molecule has 0 fully saturated rings. The fraction of sp³-hybridized carbons (Fsp3) is 0.308. The lowest BCUT2D eigenvalue weighted by Crippen LogP contribution is -2.25. The van der Waals surface area contributed by atoms with Gasteiger partial charge in [-0.1, -0.05) is 0 Å². The number of rotatable bonds is 2. The summed E-state index contributed by atoms with van der Waals surface area (Å²) in [5, 5.41) is 9.31. The monoisotopic (exact) mass is 243 g/mol. The second-order valence-corrected chi connectivity index (χ2v) is 4.43. The molecule has 1 aliphatic rings. The van der Waals surface area contributed by atoms with Crippen molar-refractivity contribution >= 4 is 5.97 Å². The molecule has 2 aromatic rings. The summed E-state index contributed by atoms with van der Waals surface area (Å²) in [6, 6.07) is 3.22. The quantitative estimate of drug-likeness (QED) is 0.874. The Balaban J connectivity index is 2.13. The minimum absolute atomic E-state index is 0.508. The van der Waals surface area contributed by atoms with E-state index in [0.29, 0.717) is 12.2 Å². The Labute approximate surface area is 104 Å². The first-order chi connectivity index (χ1) is 8.77. The first-order valence-corrected chi connectivity index (χ1v) is 5.96. The minimum Gasteiger partial charge on any atom is -0.480 e. The highest BCUT2D eigenvalue weighted by Gasteiger charge is 2.28. The molecule has 0 spiro atoms. The number of carbonyl (C=O) groups is 1. The molecule has 5 heteroatoms. The summed E-state index contributed by atoms with van der Waals surface area (Å²) in [7, 11) is 0. The number of nitrogens with zero attached hydrogens (tertiary/aromatic N) is 3. The summed E-state index contributed by atoms with van der Waals surface area (Å²) < 4.78 is 1.84. The van der Waals surface area contributed by atoms with Crippen LogP contribution in [0.15, 0.2) is 30.7 Å². The van der Waals surface area contributed by atoms with Gasteiger partial charge in [-0.3, -0.25) is 4.98 Å². The molecule has 0 radical (unpaired) electrons. The highest BCUT2D eigenvalue weighted by molar-refractivity contribution is 5.73. The van der Waals surface area contributed by atoms with Crippen LogP contribution in [0.4, 0.5) is 0 Å². The van der Waals surface area contributed by atoms with Crippen molar-refractivity contribution in [1.29, 1.82) is 0 Å².